The Balaban J connectivity index is 1.36. The molecular weight excluding hydrogens is 524 g/mol. The summed E-state index contributed by atoms with van der Waals surface area (Å²) in [5.41, 5.74) is 7.82. The number of hydrogen-bond donors (Lipinski definition) is 0. The van der Waals surface area contributed by atoms with E-state index in [1.54, 1.807) is 0 Å². The van der Waals surface area contributed by atoms with E-state index in [2.05, 4.69) is 78.9 Å². The number of ether oxygens (including phenoxy) is 1. The Kier molecular flexibility index (Phi) is 7.55. The molecule has 1 unspecified atom stereocenters. The lowest BCUT2D eigenvalue weighted by atomic mass is 9.85. The fourth-order valence-electron chi connectivity index (χ4n) is 5.70. The molecule has 0 aliphatic carbocycles. The minimum absolute atomic E-state index is 0.139. The summed E-state index contributed by atoms with van der Waals surface area (Å²) in [6, 6.07) is 27.3. The van der Waals surface area contributed by atoms with Crippen LogP contribution in [-0.2, 0) is 26.0 Å². The lowest BCUT2D eigenvalue weighted by Gasteiger charge is -2.25. The van der Waals surface area contributed by atoms with Crippen molar-refractivity contribution in [2.75, 3.05) is 0 Å². The molecule has 2 aromatic carbocycles. The molecule has 41 heavy (non-hydrogen) atoms. The monoisotopic (exact) mass is 558 g/mol. The third-order valence-electron chi connectivity index (χ3n) is 7.72. The zero-order valence-electron chi connectivity index (χ0n) is 23.8. The largest absolute Gasteiger partial charge is 0.487 e. The average molecular weight is 559 g/mol. The summed E-state index contributed by atoms with van der Waals surface area (Å²) in [6.45, 7) is 7.78. The van der Waals surface area contributed by atoms with E-state index in [9.17, 15) is 5.26 Å². The second-order valence-corrected chi connectivity index (χ2v) is 13.1. The van der Waals surface area contributed by atoms with Gasteiger partial charge in [0.25, 0.3) is 0 Å². The third-order valence-corrected chi connectivity index (χ3v) is 8.97. The lowest BCUT2D eigenvalue weighted by Crippen LogP contribution is -2.18. The molecule has 0 fully saturated rings. The Morgan fingerprint density at radius 2 is 1.80 bits per heavy atom. The number of hydrogen-bond acceptors (Lipinski definition) is 5. The maximum absolute atomic E-state index is 9.52. The van der Waals surface area contributed by atoms with Crippen LogP contribution in [-0.4, -0.2) is 19.8 Å². The zero-order valence-corrected chi connectivity index (χ0v) is 24.6. The van der Waals surface area contributed by atoms with Crippen LogP contribution in [0.25, 0.3) is 22.0 Å². The number of benzene rings is 2. The van der Waals surface area contributed by atoms with Gasteiger partial charge in [-0.3, -0.25) is 9.97 Å². The van der Waals surface area contributed by atoms with Gasteiger partial charge in [0.2, 0.25) is 0 Å². The predicted octanol–water partition coefficient (Wildman–Crippen LogP) is 8.24. The normalized spacial score (nSPS) is 14.6. The van der Waals surface area contributed by atoms with Gasteiger partial charge in [0.1, 0.15) is 12.4 Å². The van der Waals surface area contributed by atoms with Crippen LogP contribution in [0.4, 0.5) is 0 Å². The first-order chi connectivity index (χ1) is 19.9. The average Bonchev–Trinajstić information content (AvgIpc) is 3.25. The van der Waals surface area contributed by atoms with Crippen LogP contribution in [0.3, 0.4) is 0 Å². The summed E-state index contributed by atoms with van der Waals surface area (Å²) < 4.78 is 8.90. The van der Waals surface area contributed by atoms with Crippen LogP contribution >= 0.6 is 11.8 Å². The maximum Gasteiger partial charge on any atom is 0.130 e. The SMILES string of the molecule is CC1Cc2c(OCc3ccc(-c4ccccc4)cn3)ccc3c2c(c(CC(C)(C)CC#N)n3Cc2ccccn2)S1. The highest BCUT2D eigenvalue weighted by molar-refractivity contribution is 8.00. The van der Waals surface area contributed by atoms with E-state index in [0.29, 0.717) is 24.8 Å². The Hall–Kier alpha value is -4.08. The summed E-state index contributed by atoms with van der Waals surface area (Å²) in [6.07, 6.45) is 6.05. The molecule has 6 heteroatoms. The van der Waals surface area contributed by atoms with Crippen LogP contribution in [0.1, 0.15) is 49.8 Å². The van der Waals surface area contributed by atoms with Crippen molar-refractivity contribution in [3.05, 3.63) is 108 Å². The maximum atomic E-state index is 9.52. The molecule has 1 aliphatic rings. The van der Waals surface area contributed by atoms with E-state index in [1.165, 1.54) is 27.1 Å². The first-order valence-electron chi connectivity index (χ1n) is 14.2. The summed E-state index contributed by atoms with van der Waals surface area (Å²) in [4.78, 5) is 10.7. The molecule has 1 aliphatic heterocycles. The molecule has 0 N–H and O–H groups in total. The predicted molar refractivity (Wildman–Crippen MR) is 166 cm³/mol. The molecule has 5 nitrogen and oxygen atoms in total. The molecule has 4 heterocycles. The number of nitrogens with zero attached hydrogens (tertiary/aromatic N) is 4. The molecule has 0 amide bonds. The van der Waals surface area contributed by atoms with Crippen molar-refractivity contribution >= 4 is 22.7 Å². The minimum Gasteiger partial charge on any atom is -0.487 e. The highest BCUT2D eigenvalue weighted by atomic mass is 32.2. The fourth-order valence-corrected chi connectivity index (χ4v) is 7.02. The van der Waals surface area contributed by atoms with Gasteiger partial charge in [0, 0.05) is 51.2 Å². The first kappa shape index (κ1) is 27.1. The summed E-state index contributed by atoms with van der Waals surface area (Å²) in [7, 11) is 0. The number of rotatable bonds is 9. The van der Waals surface area contributed by atoms with Crippen molar-refractivity contribution in [2.45, 2.75) is 63.3 Å². The van der Waals surface area contributed by atoms with Crippen LogP contribution < -0.4 is 4.74 Å². The highest BCUT2D eigenvalue weighted by Crippen LogP contribution is 2.48. The van der Waals surface area contributed by atoms with E-state index in [4.69, 9.17) is 9.72 Å². The van der Waals surface area contributed by atoms with Gasteiger partial charge in [-0.05, 0) is 54.2 Å². The topological polar surface area (TPSA) is 63.7 Å². The molecule has 0 spiro atoms. The summed E-state index contributed by atoms with van der Waals surface area (Å²) >= 11 is 1.95. The zero-order chi connectivity index (χ0) is 28.4. The second-order valence-electron chi connectivity index (χ2n) is 11.6. The van der Waals surface area contributed by atoms with E-state index in [-0.39, 0.29) is 5.41 Å². The Morgan fingerprint density at radius 1 is 0.976 bits per heavy atom. The number of pyridine rings is 2. The Labute approximate surface area is 246 Å². The summed E-state index contributed by atoms with van der Waals surface area (Å²) in [5, 5.41) is 11.2. The second kappa shape index (κ2) is 11.4. The highest BCUT2D eigenvalue weighted by Gasteiger charge is 2.31. The standard InChI is InChI=1S/C35H34N4OS/c1-24-19-29-32(40-23-28-13-12-26(21-38-28)25-9-5-4-6-10-25)15-14-30-33(29)34(41-24)31(20-35(2,3)16-17-36)39(30)22-27-11-7-8-18-37-27/h4-15,18,21,24H,16,19-20,22-23H2,1-3H3. The fraction of sp³-hybridized carbons (Fsp3) is 0.286. The van der Waals surface area contributed by atoms with Gasteiger partial charge in [-0.15, -0.1) is 11.8 Å². The quantitative estimate of drug-likeness (QED) is 0.182. The number of aromatic nitrogens is 3. The van der Waals surface area contributed by atoms with Crippen molar-refractivity contribution in [3.63, 3.8) is 0 Å². The van der Waals surface area contributed by atoms with Crippen molar-refractivity contribution < 1.29 is 4.74 Å². The van der Waals surface area contributed by atoms with Gasteiger partial charge in [-0.1, -0.05) is 63.2 Å². The van der Waals surface area contributed by atoms with Crippen molar-refractivity contribution in [1.82, 2.24) is 14.5 Å². The van der Waals surface area contributed by atoms with E-state index < -0.39 is 0 Å². The number of nitriles is 1. The van der Waals surface area contributed by atoms with Crippen molar-refractivity contribution in [3.8, 4) is 22.9 Å². The number of thioether (sulfide) groups is 1. The van der Waals surface area contributed by atoms with Gasteiger partial charge in [0.05, 0.1) is 29.5 Å². The van der Waals surface area contributed by atoms with Gasteiger partial charge in [0.15, 0.2) is 0 Å². The lowest BCUT2D eigenvalue weighted by molar-refractivity contribution is 0.298. The van der Waals surface area contributed by atoms with Crippen LogP contribution in [0.2, 0.25) is 0 Å². The molecule has 0 saturated heterocycles. The molecule has 206 valence electrons. The smallest absolute Gasteiger partial charge is 0.130 e. The van der Waals surface area contributed by atoms with E-state index >= 15 is 0 Å². The van der Waals surface area contributed by atoms with Crippen molar-refractivity contribution in [1.29, 1.82) is 5.26 Å². The minimum atomic E-state index is -0.139. The molecule has 0 radical (unpaired) electrons. The van der Waals surface area contributed by atoms with Gasteiger partial charge in [-0.25, -0.2) is 0 Å². The van der Waals surface area contributed by atoms with Crippen LogP contribution in [0.15, 0.2) is 90.1 Å². The Morgan fingerprint density at radius 3 is 2.54 bits per heavy atom. The van der Waals surface area contributed by atoms with Crippen LogP contribution in [0.5, 0.6) is 5.75 Å². The van der Waals surface area contributed by atoms with Crippen molar-refractivity contribution in [2.24, 2.45) is 5.41 Å². The third kappa shape index (κ3) is 5.73. The Bertz CT molecular complexity index is 1700. The molecule has 5 aromatic rings. The first-order valence-corrected chi connectivity index (χ1v) is 15.0. The molecular formula is C35H34N4OS. The van der Waals surface area contributed by atoms with Gasteiger partial charge < -0.3 is 9.30 Å². The molecule has 6 rings (SSSR count). The summed E-state index contributed by atoms with van der Waals surface area (Å²) in [5.74, 6) is 0.928. The molecule has 0 saturated carbocycles. The van der Waals surface area contributed by atoms with Crippen LogP contribution in [0, 0.1) is 16.7 Å². The van der Waals surface area contributed by atoms with E-state index in [1.807, 2.05) is 54.5 Å². The molecule has 3 aromatic heterocycles. The molecule has 1 atom stereocenters. The van der Waals surface area contributed by atoms with Gasteiger partial charge in [-0.2, -0.15) is 5.26 Å². The van der Waals surface area contributed by atoms with Gasteiger partial charge >= 0.3 is 0 Å². The molecule has 0 bridgehead atoms. The van der Waals surface area contributed by atoms with E-state index in [0.717, 1.165) is 41.1 Å².